The predicted octanol–water partition coefficient (Wildman–Crippen LogP) is 0.460. The van der Waals surface area contributed by atoms with Gasteiger partial charge < -0.3 is 10.3 Å². The third-order valence-corrected chi connectivity index (χ3v) is 3.07. The van der Waals surface area contributed by atoms with Crippen molar-refractivity contribution in [3.63, 3.8) is 0 Å². The number of aryl methyl sites for hydroxylation is 1. The van der Waals surface area contributed by atoms with Gasteiger partial charge in [-0.1, -0.05) is 5.16 Å². The van der Waals surface area contributed by atoms with E-state index in [0.29, 0.717) is 18.3 Å². The van der Waals surface area contributed by atoms with Crippen molar-refractivity contribution in [3.05, 3.63) is 18.2 Å². The van der Waals surface area contributed by atoms with Crippen LogP contribution in [0.2, 0.25) is 0 Å². The summed E-state index contributed by atoms with van der Waals surface area (Å²) in [4.78, 5) is 4.37. The first-order valence-electron chi connectivity index (χ1n) is 5.28. The summed E-state index contributed by atoms with van der Waals surface area (Å²) in [6.07, 6.45) is 3.92. The molecule has 0 saturated heterocycles. The van der Waals surface area contributed by atoms with Gasteiger partial charge in [0.05, 0.1) is 5.41 Å². The predicted molar refractivity (Wildman–Crippen MR) is 56.5 cm³/mol. The summed E-state index contributed by atoms with van der Waals surface area (Å²) in [5.41, 5.74) is 6.38. The van der Waals surface area contributed by atoms with E-state index in [2.05, 4.69) is 15.2 Å². The largest absolute Gasteiger partial charge is 0.338 e. The van der Waals surface area contributed by atoms with Crippen molar-refractivity contribution in [2.24, 2.45) is 12.8 Å². The first kappa shape index (κ1) is 9.53. The Morgan fingerprint density at radius 3 is 2.94 bits per heavy atom. The standard InChI is InChI=1S/C10H13N5O/c1-15-5-2-7(13-15)8-12-9(16-14-8)10(6-11)3-4-10/h2,5H,3-4,6,11H2,1H3. The van der Waals surface area contributed by atoms with E-state index < -0.39 is 0 Å². The second-order valence-electron chi connectivity index (χ2n) is 4.28. The molecule has 16 heavy (non-hydrogen) atoms. The number of nitrogens with zero attached hydrogens (tertiary/aromatic N) is 4. The first-order valence-corrected chi connectivity index (χ1v) is 5.28. The van der Waals surface area contributed by atoms with Gasteiger partial charge >= 0.3 is 0 Å². The van der Waals surface area contributed by atoms with Crippen molar-refractivity contribution >= 4 is 0 Å². The SMILES string of the molecule is Cn1ccc(-c2noc(C3(CN)CC3)n2)n1. The fraction of sp³-hybridized carbons (Fsp3) is 0.500. The molecule has 0 atom stereocenters. The third-order valence-electron chi connectivity index (χ3n) is 3.07. The van der Waals surface area contributed by atoms with Crippen LogP contribution in [0, 0.1) is 0 Å². The molecule has 1 aliphatic rings. The summed E-state index contributed by atoms with van der Waals surface area (Å²) in [6.45, 7) is 0.566. The fourth-order valence-corrected chi connectivity index (χ4v) is 1.73. The molecule has 0 bridgehead atoms. The van der Waals surface area contributed by atoms with Crippen molar-refractivity contribution < 1.29 is 4.52 Å². The molecule has 2 aromatic heterocycles. The molecule has 0 aliphatic heterocycles. The molecule has 84 valence electrons. The lowest BCUT2D eigenvalue weighted by Gasteiger charge is -2.03. The van der Waals surface area contributed by atoms with Gasteiger partial charge in [0, 0.05) is 19.8 Å². The Bertz CT molecular complexity index is 511. The average Bonchev–Trinajstić information content (AvgIpc) is 2.74. The second kappa shape index (κ2) is 3.15. The van der Waals surface area contributed by atoms with E-state index in [0.717, 1.165) is 18.5 Å². The lowest BCUT2D eigenvalue weighted by molar-refractivity contribution is 0.347. The zero-order valence-corrected chi connectivity index (χ0v) is 9.05. The number of nitrogens with two attached hydrogens (primary N) is 1. The molecule has 2 N–H and O–H groups in total. The zero-order chi connectivity index (χ0) is 11.2. The molecule has 2 aromatic rings. The van der Waals surface area contributed by atoms with Crippen LogP contribution >= 0.6 is 0 Å². The van der Waals surface area contributed by atoms with Crippen LogP contribution in [0.1, 0.15) is 18.7 Å². The molecule has 0 aromatic carbocycles. The molecule has 0 unspecified atom stereocenters. The number of rotatable bonds is 3. The quantitative estimate of drug-likeness (QED) is 0.810. The topological polar surface area (TPSA) is 82.8 Å². The first-order chi connectivity index (χ1) is 7.73. The van der Waals surface area contributed by atoms with Gasteiger partial charge in [-0.2, -0.15) is 10.1 Å². The van der Waals surface area contributed by atoms with Gasteiger partial charge in [0.25, 0.3) is 0 Å². The molecule has 0 spiro atoms. The minimum Gasteiger partial charge on any atom is -0.338 e. The van der Waals surface area contributed by atoms with Crippen LogP contribution in [0.15, 0.2) is 16.8 Å². The van der Waals surface area contributed by atoms with Crippen molar-refractivity contribution in [2.75, 3.05) is 6.54 Å². The maximum atomic E-state index is 5.71. The normalized spacial score (nSPS) is 17.6. The number of aromatic nitrogens is 4. The molecule has 0 amide bonds. The van der Waals surface area contributed by atoms with Crippen LogP contribution in [-0.2, 0) is 12.5 Å². The van der Waals surface area contributed by atoms with Gasteiger partial charge in [-0.15, -0.1) is 0 Å². The van der Waals surface area contributed by atoms with Gasteiger partial charge in [-0.25, -0.2) is 0 Å². The highest BCUT2D eigenvalue weighted by Gasteiger charge is 2.48. The van der Waals surface area contributed by atoms with E-state index in [1.54, 1.807) is 4.68 Å². The van der Waals surface area contributed by atoms with Crippen LogP contribution < -0.4 is 5.73 Å². The minimum atomic E-state index is -0.0555. The van der Waals surface area contributed by atoms with Crippen LogP contribution in [-0.4, -0.2) is 26.5 Å². The molecule has 1 fully saturated rings. The highest BCUT2D eigenvalue weighted by molar-refractivity contribution is 5.47. The summed E-state index contributed by atoms with van der Waals surface area (Å²) in [6, 6.07) is 1.86. The van der Waals surface area contributed by atoms with E-state index in [-0.39, 0.29) is 5.41 Å². The van der Waals surface area contributed by atoms with Crippen molar-refractivity contribution in [3.8, 4) is 11.5 Å². The Morgan fingerprint density at radius 2 is 2.38 bits per heavy atom. The molecule has 0 radical (unpaired) electrons. The molecular weight excluding hydrogens is 206 g/mol. The van der Waals surface area contributed by atoms with Gasteiger partial charge in [0.2, 0.25) is 11.7 Å². The van der Waals surface area contributed by atoms with Crippen LogP contribution in [0.25, 0.3) is 11.5 Å². The van der Waals surface area contributed by atoms with Gasteiger partial charge in [-0.3, -0.25) is 4.68 Å². The summed E-state index contributed by atoms with van der Waals surface area (Å²) in [5.74, 6) is 1.19. The van der Waals surface area contributed by atoms with Crippen LogP contribution in [0.4, 0.5) is 0 Å². The van der Waals surface area contributed by atoms with Gasteiger partial charge in [0.1, 0.15) is 5.69 Å². The minimum absolute atomic E-state index is 0.0555. The van der Waals surface area contributed by atoms with Gasteiger partial charge in [0.15, 0.2) is 0 Å². The van der Waals surface area contributed by atoms with Crippen LogP contribution in [0.5, 0.6) is 0 Å². The second-order valence-corrected chi connectivity index (χ2v) is 4.28. The summed E-state index contributed by atoms with van der Waals surface area (Å²) >= 11 is 0. The Morgan fingerprint density at radius 1 is 1.56 bits per heavy atom. The van der Waals surface area contributed by atoms with Crippen molar-refractivity contribution in [1.82, 2.24) is 19.9 Å². The van der Waals surface area contributed by atoms with E-state index >= 15 is 0 Å². The number of hydrogen-bond donors (Lipinski definition) is 1. The van der Waals surface area contributed by atoms with E-state index in [1.807, 2.05) is 19.3 Å². The summed E-state index contributed by atoms with van der Waals surface area (Å²) in [7, 11) is 1.85. The molecule has 6 heteroatoms. The molecule has 1 saturated carbocycles. The monoisotopic (exact) mass is 219 g/mol. The third kappa shape index (κ3) is 1.34. The van der Waals surface area contributed by atoms with E-state index in [9.17, 15) is 0 Å². The Kier molecular flexibility index (Phi) is 1.88. The Labute approximate surface area is 92.4 Å². The molecular formula is C10H13N5O. The van der Waals surface area contributed by atoms with Crippen molar-refractivity contribution in [2.45, 2.75) is 18.3 Å². The van der Waals surface area contributed by atoms with Crippen molar-refractivity contribution in [1.29, 1.82) is 0 Å². The lowest BCUT2D eigenvalue weighted by atomic mass is 10.1. The van der Waals surface area contributed by atoms with E-state index in [1.165, 1.54) is 0 Å². The molecule has 2 heterocycles. The highest BCUT2D eigenvalue weighted by Crippen LogP contribution is 2.46. The Balaban J connectivity index is 1.94. The smallest absolute Gasteiger partial charge is 0.234 e. The average molecular weight is 219 g/mol. The molecule has 6 nitrogen and oxygen atoms in total. The van der Waals surface area contributed by atoms with Crippen LogP contribution in [0.3, 0.4) is 0 Å². The molecule has 3 rings (SSSR count). The lowest BCUT2D eigenvalue weighted by Crippen LogP contribution is -2.19. The highest BCUT2D eigenvalue weighted by atomic mass is 16.5. The summed E-state index contributed by atoms with van der Waals surface area (Å²) in [5, 5.41) is 8.16. The summed E-state index contributed by atoms with van der Waals surface area (Å²) < 4.78 is 6.97. The van der Waals surface area contributed by atoms with E-state index in [4.69, 9.17) is 10.3 Å². The Hall–Kier alpha value is -1.69. The van der Waals surface area contributed by atoms with Gasteiger partial charge in [-0.05, 0) is 18.9 Å². The maximum absolute atomic E-state index is 5.71. The maximum Gasteiger partial charge on any atom is 0.234 e. The fourth-order valence-electron chi connectivity index (χ4n) is 1.73. The zero-order valence-electron chi connectivity index (χ0n) is 9.05. The molecule has 1 aliphatic carbocycles. The number of hydrogen-bond acceptors (Lipinski definition) is 5.